The lowest BCUT2D eigenvalue weighted by molar-refractivity contribution is 0.134. The maximum atomic E-state index is 5.48. The first kappa shape index (κ1) is 9.69. The molecule has 14 heavy (non-hydrogen) atoms. The summed E-state index contributed by atoms with van der Waals surface area (Å²) >= 11 is 0. The second-order valence-corrected chi connectivity index (χ2v) is 3.79. The van der Waals surface area contributed by atoms with Gasteiger partial charge < -0.3 is 10.5 Å². The van der Waals surface area contributed by atoms with Crippen molar-refractivity contribution in [2.45, 2.75) is 32.5 Å². The molecule has 0 radical (unpaired) electrons. The summed E-state index contributed by atoms with van der Waals surface area (Å²) < 4.78 is 5.44. The molecule has 0 saturated carbocycles. The highest BCUT2D eigenvalue weighted by Gasteiger charge is 2.13. The highest BCUT2D eigenvalue weighted by Crippen LogP contribution is 2.24. The zero-order valence-electron chi connectivity index (χ0n) is 8.46. The van der Waals surface area contributed by atoms with Gasteiger partial charge >= 0.3 is 0 Å². The van der Waals surface area contributed by atoms with Crippen molar-refractivity contribution in [1.82, 2.24) is 0 Å². The number of fused-ring (bicyclic) bond motifs is 1. The number of unbranched alkanes of at least 4 members (excludes halogenated alkanes) is 1. The van der Waals surface area contributed by atoms with Gasteiger partial charge in [0, 0.05) is 0 Å². The highest BCUT2D eigenvalue weighted by molar-refractivity contribution is 5.36. The van der Waals surface area contributed by atoms with Crippen LogP contribution in [0.3, 0.4) is 0 Å². The zero-order chi connectivity index (χ0) is 9.80. The largest absolute Gasteiger partial charge is 0.372 e. The molecule has 76 valence electrons. The lowest BCUT2D eigenvalue weighted by Crippen LogP contribution is -2.00. The Bertz CT molecular complexity index is 309. The van der Waals surface area contributed by atoms with Crippen molar-refractivity contribution >= 4 is 0 Å². The standard InChI is InChI=1S/C12H17NO/c13-7-2-1-4-10-5-3-6-11-8-14-9-12(10)11/h3,5-6H,1-2,4,7-9,13H2. The summed E-state index contributed by atoms with van der Waals surface area (Å²) in [6, 6.07) is 6.50. The predicted molar refractivity (Wildman–Crippen MR) is 56.9 cm³/mol. The van der Waals surface area contributed by atoms with Gasteiger partial charge in [-0.05, 0) is 42.5 Å². The Balaban J connectivity index is 2.06. The van der Waals surface area contributed by atoms with Crippen LogP contribution in [-0.4, -0.2) is 6.54 Å². The fraction of sp³-hybridized carbons (Fsp3) is 0.500. The van der Waals surface area contributed by atoms with Crippen LogP contribution < -0.4 is 5.73 Å². The molecule has 2 N–H and O–H groups in total. The second-order valence-electron chi connectivity index (χ2n) is 3.79. The molecular formula is C12H17NO. The fourth-order valence-corrected chi connectivity index (χ4v) is 1.97. The normalized spacial score (nSPS) is 14.4. The van der Waals surface area contributed by atoms with Gasteiger partial charge in [0.05, 0.1) is 13.2 Å². The maximum absolute atomic E-state index is 5.48. The van der Waals surface area contributed by atoms with Gasteiger partial charge in [0.25, 0.3) is 0 Å². The molecule has 0 fully saturated rings. The second kappa shape index (κ2) is 4.58. The molecule has 1 aliphatic heterocycles. The highest BCUT2D eigenvalue weighted by atomic mass is 16.5. The third-order valence-corrected chi connectivity index (χ3v) is 2.77. The Labute approximate surface area is 85.1 Å². The number of rotatable bonds is 4. The van der Waals surface area contributed by atoms with Crippen LogP contribution >= 0.6 is 0 Å². The van der Waals surface area contributed by atoms with Crippen LogP contribution in [0.25, 0.3) is 0 Å². The van der Waals surface area contributed by atoms with Gasteiger partial charge in [-0.1, -0.05) is 18.2 Å². The van der Waals surface area contributed by atoms with Crippen LogP contribution in [0.4, 0.5) is 0 Å². The Morgan fingerprint density at radius 1 is 1.21 bits per heavy atom. The Kier molecular flexibility index (Phi) is 3.17. The van der Waals surface area contributed by atoms with E-state index in [9.17, 15) is 0 Å². The molecule has 0 amide bonds. The van der Waals surface area contributed by atoms with Crippen molar-refractivity contribution in [3.8, 4) is 0 Å². The van der Waals surface area contributed by atoms with E-state index in [4.69, 9.17) is 10.5 Å². The SMILES string of the molecule is NCCCCc1cccc2c1COC2. The lowest BCUT2D eigenvalue weighted by atomic mass is 9.99. The molecule has 1 aromatic carbocycles. The van der Waals surface area contributed by atoms with Gasteiger partial charge in [-0.3, -0.25) is 0 Å². The minimum Gasteiger partial charge on any atom is -0.372 e. The Morgan fingerprint density at radius 3 is 3.00 bits per heavy atom. The molecule has 0 saturated heterocycles. The van der Waals surface area contributed by atoms with Gasteiger partial charge in [-0.15, -0.1) is 0 Å². The molecule has 2 heteroatoms. The summed E-state index contributed by atoms with van der Waals surface area (Å²) in [5, 5.41) is 0. The zero-order valence-corrected chi connectivity index (χ0v) is 8.46. The minimum atomic E-state index is 0.792. The summed E-state index contributed by atoms with van der Waals surface area (Å²) in [7, 11) is 0. The first-order valence-electron chi connectivity index (χ1n) is 5.29. The molecule has 1 heterocycles. The fourth-order valence-electron chi connectivity index (χ4n) is 1.97. The minimum absolute atomic E-state index is 0.792. The van der Waals surface area contributed by atoms with Crippen molar-refractivity contribution < 1.29 is 4.74 Å². The van der Waals surface area contributed by atoms with E-state index in [1.165, 1.54) is 23.1 Å². The first-order valence-corrected chi connectivity index (χ1v) is 5.29. The molecule has 0 aromatic heterocycles. The summed E-state index contributed by atoms with van der Waals surface area (Å²) in [6.07, 6.45) is 3.45. The van der Waals surface area contributed by atoms with Gasteiger partial charge in [0.2, 0.25) is 0 Å². The number of nitrogens with two attached hydrogens (primary N) is 1. The maximum Gasteiger partial charge on any atom is 0.0727 e. The number of ether oxygens (including phenoxy) is 1. The Hall–Kier alpha value is -0.860. The molecule has 0 bridgehead atoms. The molecule has 0 unspecified atom stereocenters. The summed E-state index contributed by atoms with van der Waals surface area (Å²) in [4.78, 5) is 0. The van der Waals surface area contributed by atoms with Crippen molar-refractivity contribution in [2.75, 3.05) is 6.54 Å². The van der Waals surface area contributed by atoms with E-state index in [1.54, 1.807) is 0 Å². The van der Waals surface area contributed by atoms with Gasteiger partial charge in [0.15, 0.2) is 0 Å². The average molecular weight is 191 g/mol. The Morgan fingerprint density at radius 2 is 2.14 bits per heavy atom. The summed E-state index contributed by atoms with van der Waals surface area (Å²) in [6.45, 7) is 2.39. The van der Waals surface area contributed by atoms with Crippen LogP contribution in [0.2, 0.25) is 0 Å². The number of hydrogen-bond acceptors (Lipinski definition) is 2. The van der Waals surface area contributed by atoms with Crippen LogP contribution in [-0.2, 0) is 24.4 Å². The monoisotopic (exact) mass is 191 g/mol. The van der Waals surface area contributed by atoms with Crippen molar-refractivity contribution in [2.24, 2.45) is 5.73 Å². The molecule has 2 nitrogen and oxygen atoms in total. The van der Waals surface area contributed by atoms with Crippen LogP contribution in [0.15, 0.2) is 18.2 Å². The summed E-state index contributed by atoms with van der Waals surface area (Å²) in [5.41, 5.74) is 9.72. The van der Waals surface area contributed by atoms with Crippen molar-refractivity contribution in [3.05, 3.63) is 34.9 Å². The van der Waals surface area contributed by atoms with Crippen LogP contribution in [0, 0.1) is 0 Å². The molecule has 0 atom stereocenters. The van der Waals surface area contributed by atoms with Gasteiger partial charge in [-0.25, -0.2) is 0 Å². The third kappa shape index (κ3) is 1.97. The smallest absolute Gasteiger partial charge is 0.0727 e. The third-order valence-electron chi connectivity index (χ3n) is 2.77. The molecular weight excluding hydrogens is 174 g/mol. The number of benzene rings is 1. The van der Waals surface area contributed by atoms with E-state index in [1.807, 2.05) is 0 Å². The van der Waals surface area contributed by atoms with E-state index in [2.05, 4.69) is 18.2 Å². The van der Waals surface area contributed by atoms with E-state index in [0.717, 1.165) is 32.6 Å². The topological polar surface area (TPSA) is 35.2 Å². The van der Waals surface area contributed by atoms with Crippen molar-refractivity contribution in [1.29, 1.82) is 0 Å². The molecule has 1 aliphatic rings. The quantitative estimate of drug-likeness (QED) is 0.739. The number of hydrogen-bond donors (Lipinski definition) is 1. The average Bonchev–Trinajstić information content (AvgIpc) is 2.67. The van der Waals surface area contributed by atoms with Gasteiger partial charge in [0.1, 0.15) is 0 Å². The number of aryl methyl sites for hydroxylation is 1. The van der Waals surface area contributed by atoms with E-state index in [0.29, 0.717) is 0 Å². The molecule has 1 aromatic rings. The van der Waals surface area contributed by atoms with Crippen LogP contribution in [0.5, 0.6) is 0 Å². The van der Waals surface area contributed by atoms with E-state index < -0.39 is 0 Å². The predicted octanol–water partition coefficient (Wildman–Crippen LogP) is 2.00. The van der Waals surface area contributed by atoms with E-state index >= 15 is 0 Å². The van der Waals surface area contributed by atoms with Crippen LogP contribution in [0.1, 0.15) is 29.5 Å². The molecule has 0 spiro atoms. The molecule has 2 rings (SSSR count). The first-order chi connectivity index (χ1) is 6.92. The molecule has 0 aliphatic carbocycles. The van der Waals surface area contributed by atoms with Gasteiger partial charge in [-0.2, -0.15) is 0 Å². The van der Waals surface area contributed by atoms with Crippen molar-refractivity contribution in [3.63, 3.8) is 0 Å². The summed E-state index contributed by atoms with van der Waals surface area (Å²) in [5.74, 6) is 0. The van der Waals surface area contributed by atoms with E-state index in [-0.39, 0.29) is 0 Å². The lowest BCUT2D eigenvalue weighted by Gasteiger charge is -2.06.